The number of rotatable bonds is 2. The average Bonchev–Trinajstić information content (AvgIpc) is 2.76. The molecule has 4 aromatic heterocycles. The fourth-order valence-corrected chi connectivity index (χ4v) is 3.93. The Kier molecular flexibility index (Phi) is 4.27. The predicted octanol–water partition coefficient (Wildman–Crippen LogP) is 2.43. The van der Waals surface area contributed by atoms with Crippen molar-refractivity contribution in [3.63, 3.8) is 0 Å². The molecule has 5 rings (SSSR count). The van der Waals surface area contributed by atoms with Crippen LogP contribution < -0.4 is 10.5 Å². The van der Waals surface area contributed by atoms with Crippen molar-refractivity contribution in [1.82, 2.24) is 29.5 Å². The molecule has 0 fully saturated rings. The molecule has 1 aliphatic heterocycles. The van der Waals surface area contributed by atoms with Crippen LogP contribution in [0.15, 0.2) is 41.7 Å². The Morgan fingerprint density at radius 1 is 1.00 bits per heavy atom. The van der Waals surface area contributed by atoms with Gasteiger partial charge in [-0.25, -0.2) is 4.98 Å². The Morgan fingerprint density at radius 3 is 2.67 bits per heavy atom. The number of aryl methyl sites for hydroxylation is 2. The molecule has 0 atom stereocenters. The normalized spacial score (nSPS) is 13.5. The fraction of sp³-hybridized carbons (Fsp3) is 0.273. The first-order valence-corrected chi connectivity index (χ1v) is 9.88. The lowest BCUT2D eigenvalue weighted by molar-refractivity contribution is 0.684. The molecule has 1 aliphatic rings. The van der Waals surface area contributed by atoms with E-state index in [2.05, 4.69) is 36.0 Å². The van der Waals surface area contributed by atoms with E-state index in [0.29, 0.717) is 17.9 Å². The first kappa shape index (κ1) is 18.4. The lowest BCUT2D eigenvalue weighted by atomic mass is 10.0. The standard InChI is InChI=1S/C22H21N7O/c1-13-8-20(30)29-21(26-13)14(2)15(3)22(27-29)28-7-4-18-17(12-28)9-16(10-25-18)19-11-23-5-6-24-19/h5-6,8-11H,4,7,12H2,1-3H3. The highest BCUT2D eigenvalue weighted by molar-refractivity contribution is 5.62. The van der Waals surface area contributed by atoms with Crippen LogP contribution in [0.1, 0.15) is 28.1 Å². The SMILES string of the molecule is Cc1cc(=O)n2nc(N3CCc4ncc(-c5cnccn5)cc4C3)c(C)c(C)c2n1. The van der Waals surface area contributed by atoms with E-state index in [-0.39, 0.29) is 5.56 Å². The Morgan fingerprint density at radius 2 is 1.87 bits per heavy atom. The van der Waals surface area contributed by atoms with Crippen molar-refractivity contribution in [2.75, 3.05) is 11.4 Å². The van der Waals surface area contributed by atoms with E-state index in [1.54, 1.807) is 18.6 Å². The molecule has 0 saturated carbocycles. The third-order valence-electron chi connectivity index (χ3n) is 5.65. The number of aromatic nitrogens is 6. The van der Waals surface area contributed by atoms with Gasteiger partial charge < -0.3 is 4.90 Å². The van der Waals surface area contributed by atoms with Gasteiger partial charge in [-0.1, -0.05) is 0 Å². The molecule has 0 saturated heterocycles. The number of pyridine rings is 1. The summed E-state index contributed by atoms with van der Waals surface area (Å²) in [6.07, 6.45) is 7.75. The lowest BCUT2D eigenvalue weighted by Crippen LogP contribution is -2.34. The molecule has 0 aliphatic carbocycles. The molecule has 8 nitrogen and oxygen atoms in total. The second kappa shape index (κ2) is 6.98. The molecule has 0 amide bonds. The maximum absolute atomic E-state index is 12.5. The zero-order valence-electron chi connectivity index (χ0n) is 17.1. The van der Waals surface area contributed by atoms with Crippen molar-refractivity contribution in [2.24, 2.45) is 0 Å². The second-order valence-corrected chi connectivity index (χ2v) is 7.64. The van der Waals surface area contributed by atoms with Crippen LogP contribution in [0.4, 0.5) is 5.82 Å². The zero-order chi connectivity index (χ0) is 20.8. The number of hydrogen-bond donors (Lipinski definition) is 0. The molecule has 150 valence electrons. The van der Waals surface area contributed by atoms with Gasteiger partial charge in [0.1, 0.15) is 0 Å². The van der Waals surface area contributed by atoms with E-state index < -0.39 is 0 Å². The van der Waals surface area contributed by atoms with Gasteiger partial charge in [0.15, 0.2) is 11.5 Å². The molecule has 4 aromatic rings. The average molecular weight is 399 g/mol. The van der Waals surface area contributed by atoms with Gasteiger partial charge in [0.2, 0.25) is 0 Å². The van der Waals surface area contributed by atoms with E-state index in [9.17, 15) is 4.79 Å². The molecule has 0 radical (unpaired) electrons. The minimum absolute atomic E-state index is 0.161. The van der Waals surface area contributed by atoms with Crippen LogP contribution in [0.3, 0.4) is 0 Å². The summed E-state index contributed by atoms with van der Waals surface area (Å²) in [6.45, 7) is 7.32. The smallest absolute Gasteiger partial charge is 0.274 e. The summed E-state index contributed by atoms with van der Waals surface area (Å²) in [7, 11) is 0. The van der Waals surface area contributed by atoms with Crippen molar-refractivity contribution in [2.45, 2.75) is 33.7 Å². The van der Waals surface area contributed by atoms with E-state index in [0.717, 1.165) is 52.4 Å². The maximum atomic E-state index is 12.5. The molecule has 30 heavy (non-hydrogen) atoms. The van der Waals surface area contributed by atoms with Gasteiger partial charge >= 0.3 is 0 Å². The van der Waals surface area contributed by atoms with E-state index in [1.165, 1.54) is 10.6 Å². The topological polar surface area (TPSA) is 89.2 Å². The van der Waals surface area contributed by atoms with Gasteiger partial charge in [0.05, 0.1) is 11.9 Å². The van der Waals surface area contributed by atoms with Crippen molar-refractivity contribution >= 4 is 11.5 Å². The monoisotopic (exact) mass is 399 g/mol. The lowest BCUT2D eigenvalue weighted by Gasteiger charge is -2.31. The predicted molar refractivity (Wildman–Crippen MR) is 113 cm³/mol. The fourth-order valence-electron chi connectivity index (χ4n) is 3.93. The Labute approximate surface area is 173 Å². The van der Waals surface area contributed by atoms with Crippen LogP contribution in [-0.4, -0.2) is 36.1 Å². The minimum Gasteiger partial charge on any atom is -0.350 e. The Bertz CT molecular complexity index is 1330. The van der Waals surface area contributed by atoms with Crippen LogP contribution >= 0.6 is 0 Å². The summed E-state index contributed by atoms with van der Waals surface area (Å²) in [5.41, 5.74) is 7.13. The molecule has 8 heteroatoms. The van der Waals surface area contributed by atoms with Crippen molar-refractivity contribution in [1.29, 1.82) is 0 Å². The van der Waals surface area contributed by atoms with Crippen molar-refractivity contribution in [3.05, 3.63) is 75.4 Å². The van der Waals surface area contributed by atoms with Gasteiger partial charge in [-0.2, -0.15) is 4.52 Å². The molecular weight excluding hydrogens is 378 g/mol. The van der Waals surface area contributed by atoms with E-state index in [4.69, 9.17) is 0 Å². The molecular formula is C22H21N7O. The van der Waals surface area contributed by atoms with Gasteiger partial charge in [-0.15, -0.1) is 5.10 Å². The maximum Gasteiger partial charge on any atom is 0.274 e. The number of nitrogens with zero attached hydrogens (tertiary/aromatic N) is 7. The van der Waals surface area contributed by atoms with Gasteiger partial charge in [0.25, 0.3) is 5.56 Å². The van der Waals surface area contributed by atoms with Crippen LogP contribution in [0.5, 0.6) is 0 Å². The van der Waals surface area contributed by atoms with Crippen molar-refractivity contribution in [3.8, 4) is 11.3 Å². The highest BCUT2D eigenvalue weighted by Crippen LogP contribution is 2.28. The van der Waals surface area contributed by atoms with E-state index >= 15 is 0 Å². The highest BCUT2D eigenvalue weighted by Gasteiger charge is 2.23. The van der Waals surface area contributed by atoms with Crippen LogP contribution in [0.25, 0.3) is 16.9 Å². The van der Waals surface area contributed by atoms with E-state index in [1.807, 2.05) is 27.0 Å². The Balaban J connectivity index is 1.57. The van der Waals surface area contributed by atoms with Gasteiger partial charge in [-0.05, 0) is 32.4 Å². The zero-order valence-corrected chi connectivity index (χ0v) is 17.1. The molecule has 5 heterocycles. The van der Waals surface area contributed by atoms with Crippen LogP contribution in [0.2, 0.25) is 0 Å². The first-order valence-electron chi connectivity index (χ1n) is 9.88. The highest BCUT2D eigenvalue weighted by atomic mass is 16.1. The summed E-state index contributed by atoms with van der Waals surface area (Å²) in [5, 5.41) is 4.68. The summed E-state index contributed by atoms with van der Waals surface area (Å²) in [6, 6.07) is 3.64. The van der Waals surface area contributed by atoms with Gasteiger partial charge in [0, 0.05) is 72.2 Å². The summed E-state index contributed by atoms with van der Waals surface area (Å²) in [4.78, 5) is 32.4. The third-order valence-corrected chi connectivity index (χ3v) is 5.65. The first-order chi connectivity index (χ1) is 14.5. The minimum atomic E-state index is -0.161. The largest absolute Gasteiger partial charge is 0.350 e. The second-order valence-electron chi connectivity index (χ2n) is 7.64. The number of hydrogen-bond acceptors (Lipinski definition) is 7. The summed E-state index contributed by atoms with van der Waals surface area (Å²) >= 11 is 0. The van der Waals surface area contributed by atoms with Gasteiger partial charge in [-0.3, -0.25) is 19.7 Å². The third kappa shape index (κ3) is 3.01. The number of anilines is 1. The number of fused-ring (bicyclic) bond motifs is 2. The summed E-state index contributed by atoms with van der Waals surface area (Å²) < 4.78 is 1.41. The molecule has 0 spiro atoms. The molecule has 0 unspecified atom stereocenters. The molecule has 0 N–H and O–H groups in total. The molecule has 0 bridgehead atoms. The van der Waals surface area contributed by atoms with Crippen molar-refractivity contribution < 1.29 is 0 Å². The summed E-state index contributed by atoms with van der Waals surface area (Å²) in [5.74, 6) is 0.809. The van der Waals surface area contributed by atoms with Crippen LogP contribution in [0, 0.1) is 20.8 Å². The van der Waals surface area contributed by atoms with Crippen LogP contribution in [-0.2, 0) is 13.0 Å². The quantitative estimate of drug-likeness (QED) is 0.511. The molecule has 0 aromatic carbocycles. The Hall–Kier alpha value is -3.68.